The van der Waals surface area contributed by atoms with Gasteiger partial charge in [-0.2, -0.15) is 8.42 Å². The van der Waals surface area contributed by atoms with Gasteiger partial charge in [0, 0.05) is 0 Å². The molecule has 0 spiro atoms. The van der Waals surface area contributed by atoms with E-state index in [0.29, 0.717) is 19.4 Å². The van der Waals surface area contributed by atoms with Crippen molar-refractivity contribution in [3.05, 3.63) is 0 Å². The fourth-order valence-corrected chi connectivity index (χ4v) is 1.98. The van der Waals surface area contributed by atoms with Gasteiger partial charge >= 0.3 is 5.97 Å². The van der Waals surface area contributed by atoms with Crippen molar-refractivity contribution in [2.75, 3.05) is 19.5 Å². The Morgan fingerprint density at radius 3 is 2.47 bits per heavy atom. The first-order chi connectivity index (χ1) is 6.92. The van der Waals surface area contributed by atoms with E-state index < -0.39 is 10.1 Å². The summed E-state index contributed by atoms with van der Waals surface area (Å²) in [6.45, 7) is 2.33. The number of rotatable bonds is 5. The second-order valence-corrected chi connectivity index (χ2v) is 5.42. The quantitative estimate of drug-likeness (QED) is 0.515. The predicted molar refractivity (Wildman–Crippen MR) is 53.6 cm³/mol. The van der Waals surface area contributed by atoms with Crippen LogP contribution in [-0.4, -0.2) is 33.9 Å². The maximum atomic E-state index is 11.2. The summed E-state index contributed by atoms with van der Waals surface area (Å²) in [5, 5.41) is 0. The second kappa shape index (κ2) is 4.94. The number of carbonyl (C=O) groups is 1. The van der Waals surface area contributed by atoms with Crippen molar-refractivity contribution in [3.63, 3.8) is 0 Å². The molecule has 88 valence electrons. The number of ether oxygens (including phenoxy) is 1. The van der Waals surface area contributed by atoms with E-state index in [1.54, 1.807) is 6.92 Å². The molecule has 0 aromatic heterocycles. The number of esters is 1. The lowest BCUT2D eigenvalue weighted by atomic mass is 9.75. The normalized spacial score (nSPS) is 25.7. The minimum Gasteiger partial charge on any atom is -0.466 e. The van der Waals surface area contributed by atoms with Crippen LogP contribution in [0.4, 0.5) is 0 Å². The lowest BCUT2D eigenvalue weighted by molar-refractivity contribution is -0.153. The first-order valence-electron chi connectivity index (χ1n) is 4.93. The highest BCUT2D eigenvalue weighted by atomic mass is 32.2. The van der Waals surface area contributed by atoms with Crippen molar-refractivity contribution in [1.29, 1.82) is 0 Å². The van der Waals surface area contributed by atoms with Gasteiger partial charge in [-0.15, -0.1) is 0 Å². The van der Waals surface area contributed by atoms with Crippen molar-refractivity contribution in [1.82, 2.24) is 0 Å². The minimum absolute atomic E-state index is 0.0712. The largest absolute Gasteiger partial charge is 0.466 e. The molecule has 0 N–H and O–H groups in total. The molecule has 0 aliphatic heterocycles. The molecule has 0 bridgehead atoms. The summed E-state index contributed by atoms with van der Waals surface area (Å²) in [7, 11) is -3.36. The van der Waals surface area contributed by atoms with Crippen molar-refractivity contribution >= 4 is 16.1 Å². The Hall–Kier alpha value is -0.620. The first-order valence-corrected chi connectivity index (χ1v) is 6.75. The van der Waals surface area contributed by atoms with Crippen LogP contribution < -0.4 is 0 Å². The van der Waals surface area contributed by atoms with Gasteiger partial charge in [-0.3, -0.25) is 8.98 Å². The van der Waals surface area contributed by atoms with Crippen LogP contribution in [-0.2, 0) is 23.8 Å². The second-order valence-electron chi connectivity index (χ2n) is 3.78. The Bertz CT molecular complexity index is 315. The van der Waals surface area contributed by atoms with Gasteiger partial charge in [0.05, 0.1) is 25.4 Å². The Balaban J connectivity index is 2.18. The van der Waals surface area contributed by atoms with E-state index in [-0.39, 0.29) is 24.4 Å². The minimum atomic E-state index is -3.36. The summed E-state index contributed by atoms with van der Waals surface area (Å²) in [6, 6.07) is 0. The molecule has 0 radical (unpaired) electrons. The van der Waals surface area contributed by atoms with Crippen LogP contribution in [0.25, 0.3) is 0 Å². The molecular formula is C9H16O5S. The Morgan fingerprint density at radius 1 is 1.40 bits per heavy atom. The van der Waals surface area contributed by atoms with Gasteiger partial charge in [-0.05, 0) is 25.7 Å². The van der Waals surface area contributed by atoms with Crippen molar-refractivity contribution in [2.45, 2.75) is 19.8 Å². The molecule has 1 rings (SSSR count). The van der Waals surface area contributed by atoms with Crippen LogP contribution >= 0.6 is 0 Å². The van der Waals surface area contributed by atoms with Crippen molar-refractivity contribution in [3.8, 4) is 0 Å². The van der Waals surface area contributed by atoms with Gasteiger partial charge in [0.15, 0.2) is 0 Å². The van der Waals surface area contributed by atoms with Crippen molar-refractivity contribution < 1.29 is 22.1 Å². The molecular weight excluding hydrogens is 220 g/mol. The van der Waals surface area contributed by atoms with E-state index in [2.05, 4.69) is 4.18 Å². The van der Waals surface area contributed by atoms with Crippen LogP contribution in [0.5, 0.6) is 0 Å². The van der Waals surface area contributed by atoms with Crippen LogP contribution in [0, 0.1) is 11.8 Å². The summed E-state index contributed by atoms with van der Waals surface area (Å²) >= 11 is 0. The van der Waals surface area contributed by atoms with E-state index in [4.69, 9.17) is 4.74 Å². The SMILES string of the molecule is CCOC(=O)C1CC(COS(C)(=O)=O)C1. The highest BCUT2D eigenvalue weighted by Crippen LogP contribution is 2.34. The molecule has 15 heavy (non-hydrogen) atoms. The van der Waals surface area contributed by atoms with E-state index in [1.165, 1.54) is 0 Å². The first kappa shape index (κ1) is 12.4. The molecule has 0 heterocycles. The number of carbonyl (C=O) groups excluding carboxylic acids is 1. The molecule has 1 saturated carbocycles. The van der Waals surface area contributed by atoms with Crippen LogP contribution in [0.2, 0.25) is 0 Å². The lowest BCUT2D eigenvalue weighted by Crippen LogP contribution is -2.34. The number of hydrogen-bond donors (Lipinski definition) is 0. The van der Waals surface area contributed by atoms with Gasteiger partial charge in [0.25, 0.3) is 10.1 Å². The molecule has 1 aliphatic rings. The van der Waals surface area contributed by atoms with Crippen LogP contribution in [0.3, 0.4) is 0 Å². The third-order valence-electron chi connectivity index (χ3n) is 2.37. The van der Waals surface area contributed by atoms with Crippen LogP contribution in [0.15, 0.2) is 0 Å². The Labute approximate surface area is 89.9 Å². The molecule has 0 saturated heterocycles. The van der Waals surface area contributed by atoms with Gasteiger partial charge in [-0.25, -0.2) is 0 Å². The van der Waals surface area contributed by atoms with E-state index in [1.807, 2.05) is 0 Å². The average molecular weight is 236 g/mol. The summed E-state index contributed by atoms with van der Waals surface area (Å²) in [5.41, 5.74) is 0. The lowest BCUT2D eigenvalue weighted by Gasteiger charge is -2.32. The fraction of sp³-hybridized carbons (Fsp3) is 0.889. The van der Waals surface area contributed by atoms with E-state index >= 15 is 0 Å². The predicted octanol–water partition coefficient (Wildman–Crippen LogP) is 0.552. The molecule has 0 aromatic rings. The smallest absolute Gasteiger partial charge is 0.308 e. The molecule has 1 aliphatic carbocycles. The Kier molecular flexibility index (Phi) is 4.10. The molecule has 5 nitrogen and oxygen atoms in total. The van der Waals surface area contributed by atoms with E-state index in [0.717, 1.165) is 6.26 Å². The summed E-state index contributed by atoms with van der Waals surface area (Å²) in [5.74, 6) is -0.0969. The van der Waals surface area contributed by atoms with Gasteiger partial charge in [0.2, 0.25) is 0 Å². The molecule has 0 unspecified atom stereocenters. The maximum Gasteiger partial charge on any atom is 0.308 e. The van der Waals surface area contributed by atoms with E-state index in [9.17, 15) is 13.2 Å². The zero-order chi connectivity index (χ0) is 11.5. The van der Waals surface area contributed by atoms with Crippen LogP contribution in [0.1, 0.15) is 19.8 Å². The van der Waals surface area contributed by atoms with Gasteiger partial charge in [0.1, 0.15) is 0 Å². The average Bonchev–Trinajstić information content (AvgIpc) is 1.99. The third kappa shape index (κ3) is 4.17. The molecule has 0 aromatic carbocycles. The standard InChI is InChI=1S/C9H16O5S/c1-3-13-9(10)8-4-7(5-8)6-14-15(2,11)12/h7-8H,3-6H2,1-2H3. The topological polar surface area (TPSA) is 69.7 Å². The Morgan fingerprint density at radius 2 is 2.00 bits per heavy atom. The zero-order valence-corrected chi connectivity index (χ0v) is 9.75. The monoisotopic (exact) mass is 236 g/mol. The highest BCUT2D eigenvalue weighted by Gasteiger charge is 2.36. The maximum absolute atomic E-state index is 11.2. The summed E-state index contributed by atoms with van der Waals surface area (Å²) in [4.78, 5) is 11.2. The highest BCUT2D eigenvalue weighted by molar-refractivity contribution is 7.85. The number of hydrogen-bond acceptors (Lipinski definition) is 5. The van der Waals surface area contributed by atoms with Gasteiger partial charge < -0.3 is 4.74 Å². The molecule has 0 atom stereocenters. The molecule has 1 fully saturated rings. The summed E-state index contributed by atoms with van der Waals surface area (Å²) in [6.07, 6.45) is 2.34. The molecule has 0 amide bonds. The van der Waals surface area contributed by atoms with Gasteiger partial charge in [-0.1, -0.05) is 0 Å². The summed E-state index contributed by atoms with van der Waals surface area (Å²) < 4.78 is 30.8. The zero-order valence-electron chi connectivity index (χ0n) is 8.93. The third-order valence-corrected chi connectivity index (χ3v) is 2.94. The fourth-order valence-electron chi connectivity index (χ4n) is 1.54. The molecule has 6 heteroatoms. The van der Waals surface area contributed by atoms with Crippen molar-refractivity contribution in [2.24, 2.45) is 11.8 Å².